The molecule has 0 aromatic heterocycles. The van der Waals surface area contributed by atoms with Crippen LogP contribution in [-0.4, -0.2) is 17.8 Å². The van der Waals surface area contributed by atoms with E-state index in [0.29, 0.717) is 6.42 Å². The topological polar surface area (TPSA) is 29.1 Å². The van der Waals surface area contributed by atoms with Gasteiger partial charge >= 0.3 is 0 Å². The third kappa shape index (κ3) is 5.57. The molecule has 1 amide bonds. The molecule has 0 saturated heterocycles. The van der Waals surface area contributed by atoms with E-state index in [-0.39, 0.29) is 5.91 Å². The SMILES string of the molecule is O=C(CCBr)NCCCc1ccccc1. The number of nitrogens with one attached hydrogen (secondary N) is 1. The fourth-order valence-electron chi connectivity index (χ4n) is 1.34. The van der Waals surface area contributed by atoms with Crippen LogP contribution in [-0.2, 0) is 11.2 Å². The van der Waals surface area contributed by atoms with Crippen LogP contribution in [0.1, 0.15) is 18.4 Å². The molecule has 0 heterocycles. The maximum absolute atomic E-state index is 11.1. The van der Waals surface area contributed by atoms with E-state index in [1.807, 2.05) is 18.2 Å². The number of amides is 1. The highest BCUT2D eigenvalue weighted by Crippen LogP contribution is 2.01. The van der Waals surface area contributed by atoms with Crippen LogP contribution in [0.5, 0.6) is 0 Å². The molecule has 0 bridgehead atoms. The second-order valence-electron chi connectivity index (χ2n) is 3.38. The number of carbonyl (C=O) groups excluding carboxylic acids is 1. The predicted octanol–water partition coefficient (Wildman–Crippen LogP) is 2.52. The van der Waals surface area contributed by atoms with E-state index >= 15 is 0 Å². The first-order valence-electron chi connectivity index (χ1n) is 5.19. The fraction of sp³-hybridized carbons (Fsp3) is 0.417. The van der Waals surface area contributed by atoms with Gasteiger partial charge in [0.2, 0.25) is 5.91 Å². The maximum atomic E-state index is 11.1. The Morgan fingerprint density at radius 1 is 1.27 bits per heavy atom. The Kier molecular flexibility index (Phi) is 6.09. The molecular weight excluding hydrogens is 254 g/mol. The molecule has 0 aliphatic carbocycles. The van der Waals surface area contributed by atoms with Gasteiger partial charge in [0.25, 0.3) is 0 Å². The quantitative estimate of drug-likeness (QED) is 0.624. The first-order valence-corrected chi connectivity index (χ1v) is 6.31. The number of aryl methyl sites for hydroxylation is 1. The maximum Gasteiger partial charge on any atom is 0.220 e. The van der Waals surface area contributed by atoms with Crippen molar-refractivity contribution >= 4 is 21.8 Å². The van der Waals surface area contributed by atoms with E-state index in [4.69, 9.17) is 0 Å². The van der Waals surface area contributed by atoms with E-state index in [9.17, 15) is 4.79 Å². The molecule has 0 unspecified atom stereocenters. The van der Waals surface area contributed by atoms with Gasteiger partial charge in [-0.2, -0.15) is 0 Å². The number of hydrogen-bond donors (Lipinski definition) is 1. The van der Waals surface area contributed by atoms with Crippen molar-refractivity contribution in [2.45, 2.75) is 19.3 Å². The normalized spacial score (nSPS) is 9.93. The van der Waals surface area contributed by atoms with Gasteiger partial charge in [-0.25, -0.2) is 0 Å². The van der Waals surface area contributed by atoms with E-state index in [1.54, 1.807) is 0 Å². The van der Waals surface area contributed by atoms with Crippen molar-refractivity contribution < 1.29 is 4.79 Å². The molecule has 1 aromatic rings. The lowest BCUT2D eigenvalue weighted by Crippen LogP contribution is -2.24. The van der Waals surface area contributed by atoms with Crippen molar-refractivity contribution in [3.05, 3.63) is 35.9 Å². The Labute approximate surface area is 99.2 Å². The molecular formula is C12H16BrNO. The average Bonchev–Trinajstić information content (AvgIpc) is 2.26. The summed E-state index contributed by atoms with van der Waals surface area (Å²) >= 11 is 3.23. The molecule has 1 N–H and O–H groups in total. The van der Waals surface area contributed by atoms with Crippen LogP contribution in [0.25, 0.3) is 0 Å². The summed E-state index contributed by atoms with van der Waals surface area (Å²) < 4.78 is 0. The van der Waals surface area contributed by atoms with Gasteiger partial charge in [-0.1, -0.05) is 46.3 Å². The monoisotopic (exact) mass is 269 g/mol. The zero-order valence-corrected chi connectivity index (χ0v) is 10.3. The summed E-state index contributed by atoms with van der Waals surface area (Å²) in [5, 5.41) is 3.62. The Morgan fingerprint density at radius 2 is 2.00 bits per heavy atom. The van der Waals surface area contributed by atoms with Crippen molar-refractivity contribution in [2.24, 2.45) is 0 Å². The molecule has 15 heavy (non-hydrogen) atoms. The van der Waals surface area contributed by atoms with Gasteiger partial charge < -0.3 is 5.32 Å². The predicted molar refractivity (Wildman–Crippen MR) is 66.2 cm³/mol. The Morgan fingerprint density at radius 3 is 2.67 bits per heavy atom. The molecule has 0 radical (unpaired) electrons. The van der Waals surface area contributed by atoms with Crippen LogP contribution >= 0.6 is 15.9 Å². The van der Waals surface area contributed by atoms with Gasteiger partial charge in [0, 0.05) is 18.3 Å². The number of alkyl halides is 1. The van der Waals surface area contributed by atoms with Crippen LogP contribution in [0.15, 0.2) is 30.3 Å². The van der Waals surface area contributed by atoms with Crippen LogP contribution in [0.2, 0.25) is 0 Å². The van der Waals surface area contributed by atoms with Crippen molar-refractivity contribution in [3.8, 4) is 0 Å². The number of carbonyl (C=O) groups is 1. The molecule has 0 fully saturated rings. The van der Waals surface area contributed by atoms with Crippen LogP contribution < -0.4 is 5.32 Å². The number of benzene rings is 1. The van der Waals surface area contributed by atoms with Crippen molar-refractivity contribution in [2.75, 3.05) is 11.9 Å². The standard InChI is InChI=1S/C12H16BrNO/c13-9-8-12(15)14-10-4-7-11-5-2-1-3-6-11/h1-3,5-6H,4,7-10H2,(H,14,15). The van der Waals surface area contributed by atoms with E-state index in [1.165, 1.54) is 5.56 Å². The molecule has 0 aliphatic rings. The van der Waals surface area contributed by atoms with Crippen molar-refractivity contribution in [1.82, 2.24) is 5.32 Å². The van der Waals surface area contributed by atoms with Crippen molar-refractivity contribution in [3.63, 3.8) is 0 Å². The van der Waals surface area contributed by atoms with Gasteiger partial charge in [-0.15, -0.1) is 0 Å². The lowest BCUT2D eigenvalue weighted by atomic mass is 10.1. The first kappa shape index (κ1) is 12.2. The summed E-state index contributed by atoms with van der Waals surface area (Å²) in [6.45, 7) is 0.765. The Balaban J connectivity index is 2.10. The minimum atomic E-state index is 0.125. The lowest BCUT2D eigenvalue weighted by molar-refractivity contribution is -0.120. The molecule has 0 aliphatic heterocycles. The van der Waals surface area contributed by atoms with Crippen LogP contribution in [0, 0.1) is 0 Å². The zero-order chi connectivity index (χ0) is 10.9. The van der Waals surface area contributed by atoms with E-state index < -0.39 is 0 Å². The molecule has 0 atom stereocenters. The minimum absolute atomic E-state index is 0.125. The lowest BCUT2D eigenvalue weighted by Gasteiger charge is -2.03. The Hall–Kier alpha value is -0.830. The van der Waals surface area contributed by atoms with Gasteiger partial charge in [0.1, 0.15) is 0 Å². The van der Waals surface area contributed by atoms with Crippen molar-refractivity contribution in [1.29, 1.82) is 0 Å². The second kappa shape index (κ2) is 7.46. The summed E-state index contributed by atoms with van der Waals surface area (Å²) in [7, 11) is 0. The van der Waals surface area contributed by atoms with Gasteiger partial charge in [-0.05, 0) is 18.4 Å². The number of rotatable bonds is 6. The highest BCUT2D eigenvalue weighted by atomic mass is 79.9. The molecule has 82 valence electrons. The summed E-state index contributed by atoms with van der Waals surface area (Å²) in [4.78, 5) is 11.1. The molecule has 2 nitrogen and oxygen atoms in total. The molecule has 1 rings (SSSR count). The smallest absolute Gasteiger partial charge is 0.220 e. The Bertz CT molecular complexity index is 287. The van der Waals surface area contributed by atoms with E-state index in [0.717, 1.165) is 24.7 Å². The summed E-state index contributed by atoms with van der Waals surface area (Å²) in [5.74, 6) is 0.125. The van der Waals surface area contributed by atoms with Gasteiger partial charge in [-0.3, -0.25) is 4.79 Å². The van der Waals surface area contributed by atoms with Crippen LogP contribution in [0.4, 0.5) is 0 Å². The largest absolute Gasteiger partial charge is 0.356 e. The molecule has 1 aromatic carbocycles. The van der Waals surface area contributed by atoms with Gasteiger partial charge in [0.05, 0.1) is 0 Å². The molecule has 0 saturated carbocycles. The third-order valence-electron chi connectivity index (χ3n) is 2.13. The summed E-state index contributed by atoms with van der Waals surface area (Å²) in [6.07, 6.45) is 2.58. The third-order valence-corrected chi connectivity index (χ3v) is 2.53. The minimum Gasteiger partial charge on any atom is -0.356 e. The highest BCUT2D eigenvalue weighted by molar-refractivity contribution is 9.09. The summed E-state index contributed by atoms with van der Waals surface area (Å²) in [5.41, 5.74) is 1.33. The molecule has 3 heteroatoms. The second-order valence-corrected chi connectivity index (χ2v) is 4.17. The fourth-order valence-corrected chi connectivity index (χ4v) is 1.70. The van der Waals surface area contributed by atoms with Crippen LogP contribution in [0.3, 0.4) is 0 Å². The van der Waals surface area contributed by atoms with E-state index in [2.05, 4.69) is 33.4 Å². The molecule has 0 spiro atoms. The zero-order valence-electron chi connectivity index (χ0n) is 8.71. The summed E-state index contributed by atoms with van der Waals surface area (Å²) in [6, 6.07) is 10.3. The average molecular weight is 270 g/mol. The number of hydrogen-bond acceptors (Lipinski definition) is 1. The highest BCUT2D eigenvalue weighted by Gasteiger charge is 1.98. The first-order chi connectivity index (χ1) is 7.33. The number of halogens is 1. The van der Waals surface area contributed by atoms with Gasteiger partial charge in [0.15, 0.2) is 0 Å².